The first-order valence-electron chi connectivity index (χ1n) is 6.97. The lowest BCUT2D eigenvalue weighted by Crippen LogP contribution is -2.09. The summed E-state index contributed by atoms with van der Waals surface area (Å²) in [6, 6.07) is 17.2. The number of aryl methyl sites for hydroxylation is 1. The Balaban J connectivity index is 2.25. The van der Waals surface area contributed by atoms with Gasteiger partial charge in [0.25, 0.3) is 0 Å². The minimum absolute atomic E-state index is 0.277. The first-order valence-corrected chi connectivity index (χ1v) is 7.38. The maximum absolute atomic E-state index is 5.56. The molecule has 102 valence electrons. The molecule has 0 saturated carbocycles. The van der Waals surface area contributed by atoms with E-state index < -0.39 is 0 Å². The van der Waals surface area contributed by atoms with Gasteiger partial charge in [-0.15, -0.1) is 0 Å². The molecule has 1 heterocycles. The summed E-state index contributed by atoms with van der Waals surface area (Å²) >= 11 is 5.56. The quantitative estimate of drug-likeness (QED) is 0.670. The van der Waals surface area contributed by atoms with Crippen molar-refractivity contribution in [2.24, 2.45) is 0 Å². The topological polar surface area (TPSA) is 20.7 Å². The van der Waals surface area contributed by atoms with Crippen molar-refractivity contribution < 1.29 is 0 Å². The largest absolute Gasteiger partial charge is 0.330 e. The third-order valence-corrected chi connectivity index (χ3v) is 4.14. The SMILES string of the molecule is CCC(c1ccccc1)n1c(=S)[nH]c2c(C)cccc21. The average molecular weight is 282 g/mol. The molecule has 0 saturated heterocycles. The Bertz CT molecular complexity index is 784. The van der Waals surface area contributed by atoms with Gasteiger partial charge in [0.05, 0.1) is 17.1 Å². The van der Waals surface area contributed by atoms with Crippen LogP contribution in [0, 0.1) is 11.7 Å². The van der Waals surface area contributed by atoms with Crippen molar-refractivity contribution in [2.45, 2.75) is 26.3 Å². The van der Waals surface area contributed by atoms with E-state index in [9.17, 15) is 0 Å². The minimum atomic E-state index is 0.277. The fourth-order valence-electron chi connectivity index (χ4n) is 2.84. The van der Waals surface area contributed by atoms with Crippen LogP contribution >= 0.6 is 12.2 Å². The summed E-state index contributed by atoms with van der Waals surface area (Å²) in [6.45, 7) is 4.31. The average Bonchev–Trinajstić information content (AvgIpc) is 2.80. The highest BCUT2D eigenvalue weighted by Crippen LogP contribution is 2.28. The summed E-state index contributed by atoms with van der Waals surface area (Å²) in [5, 5.41) is 0. The molecule has 0 spiro atoms. The summed E-state index contributed by atoms with van der Waals surface area (Å²) < 4.78 is 3.04. The van der Waals surface area contributed by atoms with E-state index in [2.05, 4.69) is 71.9 Å². The van der Waals surface area contributed by atoms with Crippen molar-refractivity contribution in [3.63, 3.8) is 0 Å². The molecule has 0 aliphatic carbocycles. The molecular formula is C17H18N2S. The van der Waals surface area contributed by atoms with E-state index in [-0.39, 0.29) is 6.04 Å². The van der Waals surface area contributed by atoms with Gasteiger partial charge in [-0.1, -0.05) is 49.4 Å². The van der Waals surface area contributed by atoms with E-state index in [0.29, 0.717) is 0 Å². The second-order valence-corrected chi connectivity index (χ2v) is 5.49. The molecule has 3 aromatic rings. The second-order valence-electron chi connectivity index (χ2n) is 5.10. The Kier molecular flexibility index (Phi) is 3.45. The highest BCUT2D eigenvalue weighted by atomic mass is 32.1. The predicted molar refractivity (Wildman–Crippen MR) is 86.7 cm³/mol. The summed E-state index contributed by atoms with van der Waals surface area (Å²) in [4.78, 5) is 3.36. The fourth-order valence-corrected chi connectivity index (χ4v) is 3.17. The van der Waals surface area contributed by atoms with Crippen LogP contribution in [0.1, 0.15) is 30.5 Å². The van der Waals surface area contributed by atoms with Gasteiger partial charge in [-0.2, -0.15) is 0 Å². The van der Waals surface area contributed by atoms with E-state index >= 15 is 0 Å². The summed E-state index contributed by atoms with van der Waals surface area (Å²) in [6.07, 6.45) is 1.01. The number of nitrogens with one attached hydrogen (secondary N) is 1. The number of imidazole rings is 1. The lowest BCUT2D eigenvalue weighted by molar-refractivity contribution is 0.575. The van der Waals surface area contributed by atoms with Gasteiger partial charge < -0.3 is 9.55 Å². The van der Waals surface area contributed by atoms with Crippen molar-refractivity contribution in [3.05, 3.63) is 64.4 Å². The lowest BCUT2D eigenvalue weighted by atomic mass is 10.0. The summed E-state index contributed by atoms with van der Waals surface area (Å²) in [5.74, 6) is 0. The summed E-state index contributed by atoms with van der Waals surface area (Å²) in [5.41, 5.74) is 4.86. The Morgan fingerprint density at radius 3 is 2.55 bits per heavy atom. The van der Waals surface area contributed by atoms with Crippen LogP contribution in [0.25, 0.3) is 11.0 Å². The van der Waals surface area contributed by atoms with Crippen molar-refractivity contribution in [1.29, 1.82) is 0 Å². The number of aromatic amines is 1. The van der Waals surface area contributed by atoms with Crippen LogP contribution in [0.15, 0.2) is 48.5 Å². The number of hydrogen-bond donors (Lipinski definition) is 1. The molecule has 1 unspecified atom stereocenters. The Morgan fingerprint density at radius 2 is 1.85 bits per heavy atom. The van der Waals surface area contributed by atoms with E-state index in [0.717, 1.165) is 16.7 Å². The van der Waals surface area contributed by atoms with E-state index in [1.807, 2.05) is 0 Å². The van der Waals surface area contributed by atoms with Gasteiger partial charge in [0.1, 0.15) is 0 Å². The Labute approximate surface area is 124 Å². The number of rotatable bonds is 3. The van der Waals surface area contributed by atoms with Crippen LogP contribution in [-0.2, 0) is 0 Å². The third-order valence-electron chi connectivity index (χ3n) is 3.84. The molecule has 1 aromatic heterocycles. The van der Waals surface area contributed by atoms with Crippen LogP contribution in [0.3, 0.4) is 0 Å². The fraction of sp³-hybridized carbons (Fsp3) is 0.235. The first-order chi connectivity index (χ1) is 9.72. The Morgan fingerprint density at radius 1 is 1.10 bits per heavy atom. The van der Waals surface area contributed by atoms with Crippen LogP contribution in [-0.4, -0.2) is 9.55 Å². The molecule has 1 atom stereocenters. The van der Waals surface area contributed by atoms with Crippen molar-refractivity contribution in [1.82, 2.24) is 9.55 Å². The lowest BCUT2D eigenvalue weighted by Gasteiger charge is -2.18. The predicted octanol–water partition coefficient (Wildman–Crippen LogP) is 5.01. The molecule has 1 N–H and O–H groups in total. The maximum atomic E-state index is 5.56. The zero-order valence-electron chi connectivity index (χ0n) is 11.8. The molecule has 0 aliphatic heterocycles. The van der Waals surface area contributed by atoms with Crippen LogP contribution in [0.5, 0.6) is 0 Å². The van der Waals surface area contributed by atoms with Gasteiger partial charge in [0, 0.05) is 0 Å². The van der Waals surface area contributed by atoms with Crippen molar-refractivity contribution in [2.75, 3.05) is 0 Å². The number of aromatic nitrogens is 2. The number of para-hydroxylation sites is 1. The number of H-pyrrole nitrogens is 1. The molecule has 0 fully saturated rings. The number of fused-ring (bicyclic) bond motifs is 1. The first kappa shape index (κ1) is 13.1. The highest BCUT2D eigenvalue weighted by molar-refractivity contribution is 7.71. The molecule has 0 bridgehead atoms. The zero-order valence-corrected chi connectivity index (χ0v) is 12.6. The summed E-state index contributed by atoms with van der Waals surface area (Å²) in [7, 11) is 0. The molecular weight excluding hydrogens is 264 g/mol. The molecule has 20 heavy (non-hydrogen) atoms. The maximum Gasteiger partial charge on any atom is 0.178 e. The van der Waals surface area contributed by atoms with Gasteiger partial charge in [0.2, 0.25) is 0 Å². The molecule has 3 heteroatoms. The van der Waals surface area contributed by atoms with Gasteiger partial charge in [0.15, 0.2) is 4.77 Å². The van der Waals surface area contributed by atoms with E-state index in [4.69, 9.17) is 12.2 Å². The second kappa shape index (κ2) is 5.25. The van der Waals surface area contributed by atoms with Gasteiger partial charge >= 0.3 is 0 Å². The monoisotopic (exact) mass is 282 g/mol. The molecule has 0 radical (unpaired) electrons. The normalized spacial score (nSPS) is 12.7. The van der Waals surface area contributed by atoms with Crippen molar-refractivity contribution in [3.8, 4) is 0 Å². The number of hydrogen-bond acceptors (Lipinski definition) is 1. The minimum Gasteiger partial charge on any atom is -0.330 e. The van der Waals surface area contributed by atoms with E-state index in [1.165, 1.54) is 16.6 Å². The van der Waals surface area contributed by atoms with Gasteiger partial charge in [-0.25, -0.2) is 0 Å². The molecule has 2 aromatic carbocycles. The smallest absolute Gasteiger partial charge is 0.178 e. The molecule has 0 amide bonds. The van der Waals surface area contributed by atoms with Crippen LogP contribution in [0.4, 0.5) is 0 Å². The van der Waals surface area contributed by atoms with E-state index in [1.54, 1.807) is 0 Å². The molecule has 3 rings (SSSR count). The highest BCUT2D eigenvalue weighted by Gasteiger charge is 2.16. The standard InChI is InChI=1S/C17H18N2S/c1-3-14(13-9-5-4-6-10-13)19-15-11-7-8-12(2)16(15)18-17(19)20/h4-11,14H,3H2,1-2H3,(H,18,20). The molecule has 2 nitrogen and oxygen atoms in total. The zero-order chi connectivity index (χ0) is 14.1. The third kappa shape index (κ3) is 2.08. The van der Waals surface area contributed by atoms with Gasteiger partial charge in [-0.05, 0) is 42.8 Å². The number of nitrogens with zero attached hydrogens (tertiary/aromatic N) is 1. The number of benzene rings is 2. The Hall–Kier alpha value is -1.87. The van der Waals surface area contributed by atoms with Crippen molar-refractivity contribution >= 4 is 23.3 Å². The van der Waals surface area contributed by atoms with Crippen LogP contribution < -0.4 is 0 Å². The molecule has 0 aliphatic rings. The van der Waals surface area contributed by atoms with Gasteiger partial charge in [-0.3, -0.25) is 0 Å². The van der Waals surface area contributed by atoms with Crippen LogP contribution in [0.2, 0.25) is 0 Å².